The van der Waals surface area contributed by atoms with Crippen molar-refractivity contribution in [2.45, 2.75) is 88.6 Å². The lowest BCUT2D eigenvalue weighted by Crippen LogP contribution is -2.70. The Kier molecular flexibility index (Phi) is 4.36. The summed E-state index contributed by atoms with van der Waals surface area (Å²) < 4.78 is 20.9. The maximum Gasteiger partial charge on any atom is 0.233 e. The topological polar surface area (TPSA) is 72.1 Å². The Hall–Kier alpha value is -1.83. The number of carbonyl (C=O) groups excluding carboxylic acids is 1. The molecule has 0 radical (unpaired) electrons. The summed E-state index contributed by atoms with van der Waals surface area (Å²) in [5.41, 5.74) is -1.08. The van der Waals surface area contributed by atoms with E-state index in [4.69, 9.17) is 9.51 Å². The summed E-state index contributed by atoms with van der Waals surface area (Å²) in [6, 6.07) is 1.95. The van der Waals surface area contributed by atoms with E-state index < -0.39 is 11.1 Å². The van der Waals surface area contributed by atoms with Crippen LogP contribution in [0.25, 0.3) is 0 Å². The van der Waals surface area contributed by atoms with E-state index in [2.05, 4.69) is 46.8 Å². The number of carbonyl (C=O) groups is 1. The fourth-order valence-electron chi connectivity index (χ4n) is 6.92. The minimum absolute atomic E-state index is 0.00524. The van der Waals surface area contributed by atoms with E-state index in [0.717, 1.165) is 54.0 Å². The minimum atomic E-state index is -1.10. The Morgan fingerprint density at radius 3 is 2.42 bits per heavy atom. The average molecular weight is 517 g/mol. The van der Waals surface area contributed by atoms with E-state index in [0.29, 0.717) is 25.8 Å². The molecule has 0 atom stereocenters. The molecule has 2 aromatic rings. The first kappa shape index (κ1) is 21.7. The number of anilines is 1. The average Bonchev–Trinajstić information content (AvgIpc) is 3.42. The van der Waals surface area contributed by atoms with Crippen molar-refractivity contribution < 1.29 is 13.7 Å². The molecule has 5 aliphatic carbocycles. The second kappa shape index (κ2) is 6.64. The Morgan fingerprint density at radius 1 is 1.15 bits per heavy atom. The lowest BCUT2D eigenvalue weighted by molar-refractivity contribution is -0.211. The van der Waals surface area contributed by atoms with Crippen LogP contribution in [-0.2, 0) is 15.6 Å². The standard InChI is InChI=1S/C25H30BrFN4O2/c1-21(2,3)18-29-19(33-30-18)23-6-4-22(11-23,5-7-23)15-31(17-8-16(26)9-28-10-17)20(32)24-12-25(27,13-24)14-24/h8-10H,4-7,11-15H2,1-3H3. The molecule has 1 amide bonds. The van der Waals surface area contributed by atoms with Crippen molar-refractivity contribution in [3.63, 3.8) is 0 Å². The number of halogens is 2. The Balaban J connectivity index is 1.28. The zero-order valence-electron chi connectivity index (χ0n) is 19.5. The first-order chi connectivity index (χ1) is 15.5. The van der Waals surface area contributed by atoms with Crippen LogP contribution < -0.4 is 4.90 Å². The highest BCUT2D eigenvalue weighted by molar-refractivity contribution is 9.10. The highest BCUT2D eigenvalue weighted by Crippen LogP contribution is 2.70. The van der Waals surface area contributed by atoms with Gasteiger partial charge in [-0.2, -0.15) is 4.98 Å². The molecule has 5 aliphatic rings. The van der Waals surface area contributed by atoms with Crippen molar-refractivity contribution in [1.29, 1.82) is 0 Å². The second-order valence-corrected chi connectivity index (χ2v) is 13.3. The van der Waals surface area contributed by atoms with Gasteiger partial charge in [0.05, 0.1) is 22.7 Å². The van der Waals surface area contributed by atoms with Crippen LogP contribution in [0.1, 0.15) is 83.9 Å². The van der Waals surface area contributed by atoms with Crippen LogP contribution >= 0.6 is 15.9 Å². The Morgan fingerprint density at radius 2 is 1.85 bits per heavy atom. The van der Waals surface area contributed by atoms with Crippen LogP contribution in [0.4, 0.5) is 10.1 Å². The summed E-state index contributed by atoms with van der Waals surface area (Å²) in [6.45, 7) is 6.91. The molecule has 0 spiro atoms. The van der Waals surface area contributed by atoms with Gasteiger partial charge in [-0.15, -0.1) is 0 Å². The van der Waals surface area contributed by atoms with Gasteiger partial charge in [-0.25, -0.2) is 4.39 Å². The number of nitrogens with zero attached hydrogens (tertiary/aromatic N) is 4. The van der Waals surface area contributed by atoms with Crippen LogP contribution in [-0.4, -0.2) is 33.2 Å². The molecular formula is C25H30BrFN4O2. The van der Waals surface area contributed by atoms with Gasteiger partial charge < -0.3 is 9.42 Å². The number of amides is 1. The number of fused-ring (bicyclic) bond motifs is 2. The lowest BCUT2D eigenvalue weighted by atomic mass is 9.42. The van der Waals surface area contributed by atoms with Crippen LogP contribution in [0.15, 0.2) is 27.5 Å². The van der Waals surface area contributed by atoms with Crippen molar-refractivity contribution >= 4 is 27.5 Å². The van der Waals surface area contributed by atoms with E-state index in [1.807, 2.05) is 11.0 Å². The van der Waals surface area contributed by atoms with E-state index in [1.54, 1.807) is 12.4 Å². The van der Waals surface area contributed by atoms with Gasteiger partial charge in [0.25, 0.3) is 0 Å². The number of rotatable bonds is 5. The largest absolute Gasteiger partial charge is 0.339 e. The van der Waals surface area contributed by atoms with Crippen molar-refractivity contribution in [2.24, 2.45) is 10.8 Å². The third-order valence-corrected chi connectivity index (χ3v) is 9.13. The summed E-state index contributed by atoms with van der Waals surface area (Å²) in [4.78, 5) is 24.8. The summed E-state index contributed by atoms with van der Waals surface area (Å²) in [5, 5.41) is 4.28. The molecule has 0 saturated heterocycles. The van der Waals surface area contributed by atoms with Crippen molar-refractivity contribution in [2.75, 3.05) is 11.4 Å². The summed E-state index contributed by atoms with van der Waals surface area (Å²) in [7, 11) is 0. The molecule has 2 heterocycles. The molecule has 6 nitrogen and oxygen atoms in total. The van der Waals surface area contributed by atoms with Gasteiger partial charge in [0.1, 0.15) is 5.67 Å². The van der Waals surface area contributed by atoms with Crippen LogP contribution in [0, 0.1) is 10.8 Å². The molecule has 5 saturated carbocycles. The smallest absolute Gasteiger partial charge is 0.233 e. The van der Waals surface area contributed by atoms with Gasteiger partial charge >= 0.3 is 0 Å². The molecular weight excluding hydrogens is 487 g/mol. The number of alkyl halides is 1. The molecule has 0 N–H and O–H groups in total. The monoisotopic (exact) mass is 516 g/mol. The van der Waals surface area contributed by atoms with E-state index in [-0.39, 0.29) is 22.2 Å². The van der Waals surface area contributed by atoms with Crippen LogP contribution in [0.3, 0.4) is 0 Å². The van der Waals surface area contributed by atoms with Gasteiger partial charge in [-0.3, -0.25) is 9.78 Å². The molecule has 5 fully saturated rings. The zero-order chi connectivity index (χ0) is 23.3. The predicted molar refractivity (Wildman–Crippen MR) is 125 cm³/mol. The van der Waals surface area contributed by atoms with Gasteiger partial charge in [0.2, 0.25) is 11.8 Å². The third-order valence-electron chi connectivity index (χ3n) is 8.69. The van der Waals surface area contributed by atoms with Gasteiger partial charge in [-0.05, 0) is 78.8 Å². The first-order valence-corrected chi connectivity index (χ1v) is 12.7. The first-order valence-electron chi connectivity index (χ1n) is 11.9. The summed E-state index contributed by atoms with van der Waals surface area (Å²) in [5.74, 6) is 1.57. The highest BCUT2D eigenvalue weighted by Gasteiger charge is 2.73. The van der Waals surface area contributed by atoms with E-state index in [1.165, 1.54) is 0 Å². The van der Waals surface area contributed by atoms with Gasteiger partial charge in [-0.1, -0.05) is 25.9 Å². The zero-order valence-corrected chi connectivity index (χ0v) is 21.0. The normalized spacial score (nSPS) is 36.4. The molecule has 0 aliphatic heterocycles. The van der Waals surface area contributed by atoms with Gasteiger partial charge in [0, 0.05) is 22.6 Å². The second-order valence-electron chi connectivity index (χ2n) is 12.3. The number of hydrogen-bond donors (Lipinski definition) is 0. The minimum Gasteiger partial charge on any atom is -0.339 e. The number of hydrogen-bond acceptors (Lipinski definition) is 5. The third kappa shape index (κ3) is 3.22. The maximum absolute atomic E-state index is 14.3. The van der Waals surface area contributed by atoms with E-state index in [9.17, 15) is 9.18 Å². The van der Waals surface area contributed by atoms with Crippen molar-refractivity contribution in [3.8, 4) is 0 Å². The fourth-order valence-corrected chi connectivity index (χ4v) is 7.27. The quantitative estimate of drug-likeness (QED) is 0.513. The lowest BCUT2D eigenvalue weighted by Gasteiger charge is -2.65. The highest BCUT2D eigenvalue weighted by atomic mass is 79.9. The molecule has 176 valence electrons. The van der Waals surface area contributed by atoms with Crippen LogP contribution in [0.5, 0.6) is 0 Å². The summed E-state index contributed by atoms with van der Waals surface area (Å²) in [6.07, 6.45) is 9.55. The Labute approximate surface area is 201 Å². The van der Waals surface area contributed by atoms with Crippen LogP contribution in [0.2, 0.25) is 0 Å². The fraction of sp³-hybridized carbons (Fsp3) is 0.680. The number of pyridine rings is 1. The SMILES string of the molecule is CC(C)(C)c1noc(C23CCC(CN(C(=O)C45CC(F)(C4)C5)c4cncc(Br)c4)(CC2)C3)n1. The molecule has 8 heteroatoms. The molecule has 0 aromatic carbocycles. The molecule has 7 rings (SSSR count). The predicted octanol–water partition coefficient (Wildman–Crippen LogP) is 5.65. The summed E-state index contributed by atoms with van der Waals surface area (Å²) >= 11 is 3.50. The molecule has 4 bridgehead atoms. The van der Waals surface area contributed by atoms with Crippen molar-refractivity contribution in [1.82, 2.24) is 15.1 Å². The Bertz CT molecular complexity index is 1110. The maximum atomic E-state index is 14.3. The van der Waals surface area contributed by atoms with E-state index >= 15 is 0 Å². The molecule has 0 unspecified atom stereocenters. The van der Waals surface area contributed by atoms with Crippen molar-refractivity contribution in [3.05, 3.63) is 34.6 Å². The van der Waals surface area contributed by atoms with Gasteiger partial charge in [0.15, 0.2) is 5.82 Å². The molecule has 2 aromatic heterocycles. The molecule has 33 heavy (non-hydrogen) atoms. The number of aromatic nitrogens is 3.